The number of piperidine rings is 1. The van der Waals surface area contributed by atoms with Crippen molar-refractivity contribution in [3.05, 3.63) is 35.4 Å². The van der Waals surface area contributed by atoms with Gasteiger partial charge in [0.15, 0.2) is 0 Å². The van der Waals surface area contributed by atoms with Crippen LogP contribution in [0.2, 0.25) is 0 Å². The Kier molecular flexibility index (Phi) is 5.17. The number of nitrogens with zero attached hydrogens (tertiary/aromatic N) is 2. The lowest BCUT2D eigenvalue weighted by Gasteiger charge is -2.54. The Labute approximate surface area is 143 Å². The van der Waals surface area contributed by atoms with Crippen LogP contribution in [-0.4, -0.2) is 43.7 Å². The van der Waals surface area contributed by atoms with Gasteiger partial charge in [-0.15, -0.1) is 0 Å². The SMILES string of the molecule is COCC(=O)NC1CCC12CCN(Cc1ccc(C#N)cc1)CC2. The number of hydrogen-bond acceptors (Lipinski definition) is 4. The van der Waals surface area contributed by atoms with Crippen LogP contribution in [0.5, 0.6) is 0 Å². The second-order valence-electron chi connectivity index (χ2n) is 7.04. The first kappa shape index (κ1) is 16.9. The summed E-state index contributed by atoms with van der Waals surface area (Å²) >= 11 is 0. The summed E-state index contributed by atoms with van der Waals surface area (Å²) < 4.78 is 4.91. The fourth-order valence-corrected chi connectivity index (χ4v) is 3.99. The van der Waals surface area contributed by atoms with Crippen molar-refractivity contribution in [3.63, 3.8) is 0 Å². The molecule has 1 heterocycles. The third-order valence-corrected chi connectivity index (χ3v) is 5.62. The zero-order chi connectivity index (χ0) is 17.0. The van der Waals surface area contributed by atoms with E-state index in [1.165, 1.54) is 12.0 Å². The summed E-state index contributed by atoms with van der Waals surface area (Å²) in [5.74, 6) is 0.00147. The normalized spacial score (nSPS) is 22.6. The van der Waals surface area contributed by atoms with Gasteiger partial charge in [0, 0.05) is 19.7 Å². The van der Waals surface area contributed by atoms with Crippen LogP contribution in [0.25, 0.3) is 0 Å². The Morgan fingerprint density at radius 1 is 1.33 bits per heavy atom. The zero-order valence-corrected chi connectivity index (χ0v) is 14.3. The zero-order valence-electron chi connectivity index (χ0n) is 14.3. The molecule has 0 aromatic heterocycles. The van der Waals surface area contributed by atoms with Crippen LogP contribution in [0.4, 0.5) is 0 Å². The van der Waals surface area contributed by atoms with Crippen molar-refractivity contribution in [2.45, 2.75) is 38.3 Å². The third-order valence-electron chi connectivity index (χ3n) is 5.62. The molecule has 128 valence electrons. The summed E-state index contributed by atoms with van der Waals surface area (Å²) in [5.41, 5.74) is 2.26. The minimum atomic E-state index is 0.00147. The topological polar surface area (TPSA) is 65.4 Å². The summed E-state index contributed by atoms with van der Waals surface area (Å²) in [5, 5.41) is 12.0. The van der Waals surface area contributed by atoms with Gasteiger partial charge in [-0.1, -0.05) is 12.1 Å². The van der Waals surface area contributed by atoms with E-state index in [2.05, 4.69) is 16.3 Å². The molecule has 2 fully saturated rings. The van der Waals surface area contributed by atoms with Gasteiger partial charge < -0.3 is 10.1 Å². The van der Waals surface area contributed by atoms with Crippen molar-refractivity contribution < 1.29 is 9.53 Å². The van der Waals surface area contributed by atoms with Crippen LogP contribution in [-0.2, 0) is 16.1 Å². The Bertz CT molecular complexity index is 612. The van der Waals surface area contributed by atoms with Crippen molar-refractivity contribution >= 4 is 5.91 Å². The summed E-state index contributed by atoms with van der Waals surface area (Å²) in [6.45, 7) is 3.22. The molecule has 2 aliphatic rings. The largest absolute Gasteiger partial charge is 0.375 e. The highest BCUT2D eigenvalue weighted by atomic mass is 16.5. The summed E-state index contributed by atoms with van der Waals surface area (Å²) in [6, 6.07) is 10.3. The van der Waals surface area contributed by atoms with E-state index in [0.717, 1.165) is 38.9 Å². The van der Waals surface area contributed by atoms with Crippen molar-refractivity contribution in [2.24, 2.45) is 5.41 Å². The van der Waals surface area contributed by atoms with Crippen molar-refractivity contribution in [3.8, 4) is 6.07 Å². The lowest BCUT2D eigenvalue weighted by atomic mass is 9.59. The predicted molar refractivity (Wildman–Crippen MR) is 91.1 cm³/mol. The Morgan fingerprint density at radius 3 is 2.58 bits per heavy atom. The van der Waals surface area contributed by atoms with E-state index < -0.39 is 0 Å². The molecule has 1 unspecified atom stereocenters. The molecule has 0 radical (unpaired) electrons. The maximum atomic E-state index is 11.8. The van der Waals surface area contributed by atoms with Gasteiger partial charge >= 0.3 is 0 Å². The van der Waals surface area contributed by atoms with Crippen molar-refractivity contribution in [1.82, 2.24) is 10.2 Å². The highest BCUT2D eigenvalue weighted by Gasteiger charge is 2.48. The average molecular weight is 327 g/mol. The molecule has 24 heavy (non-hydrogen) atoms. The number of rotatable bonds is 5. The van der Waals surface area contributed by atoms with E-state index in [1.54, 1.807) is 7.11 Å². The number of ether oxygens (including phenoxy) is 1. The van der Waals surface area contributed by atoms with Crippen molar-refractivity contribution in [1.29, 1.82) is 5.26 Å². The number of nitrogens with one attached hydrogen (secondary N) is 1. The molecule has 1 saturated heterocycles. The molecule has 1 atom stereocenters. The van der Waals surface area contributed by atoms with Gasteiger partial charge in [-0.25, -0.2) is 0 Å². The number of methoxy groups -OCH3 is 1. The van der Waals surface area contributed by atoms with Gasteiger partial charge in [0.25, 0.3) is 0 Å². The maximum Gasteiger partial charge on any atom is 0.246 e. The summed E-state index contributed by atoms with van der Waals surface area (Å²) in [6.07, 6.45) is 4.59. The summed E-state index contributed by atoms with van der Waals surface area (Å²) in [4.78, 5) is 14.2. The van der Waals surface area contributed by atoms with Crippen LogP contribution in [0.3, 0.4) is 0 Å². The van der Waals surface area contributed by atoms with E-state index in [4.69, 9.17) is 10.00 Å². The molecule has 1 aliphatic heterocycles. The van der Waals surface area contributed by atoms with E-state index in [0.29, 0.717) is 17.0 Å². The fourth-order valence-electron chi connectivity index (χ4n) is 3.99. The molecule has 1 saturated carbocycles. The molecule has 1 aromatic carbocycles. The molecular formula is C19H25N3O2. The number of likely N-dealkylation sites (tertiary alicyclic amines) is 1. The minimum absolute atomic E-state index is 0.00147. The Balaban J connectivity index is 1.50. The summed E-state index contributed by atoms with van der Waals surface area (Å²) in [7, 11) is 1.55. The van der Waals surface area contributed by atoms with Crippen LogP contribution in [0, 0.1) is 16.7 Å². The highest BCUT2D eigenvalue weighted by molar-refractivity contribution is 5.77. The van der Waals surface area contributed by atoms with E-state index in [-0.39, 0.29) is 12.5 Å². The van der Waals surface area contributed by atoms with Crippen LogP contribution in [0.1, 0.15) is 36.8 Å². The van der Waals surface area contributed by atoms with E-state index in [1.807, 2.05) is 24.3 Å². The predicted octanol–water partition coefficient (Wildman–Crippen LogP) is 2.07. The van der Waals surface area contributed by atoms with Gasteiger partial charge in [-0.2, -0.15) is 5.26 Å². The number of carbonyl (C=O) groups is 1. The van der Waals surface area contributed by atoms with Gasteiger partial charge in [-0.3, -0.25) is 9.69 Å². The van der Waals surface area contributed by atoms with E-state index in [9.17, 15) is 4.79 Å². The van der Waals surface area contributed by atoms with Gasteiger partial charge in [0.05, 0.1) is 11.6 Å². The molecule has 1 spiro atoms. The third kappa shape index (κ3) is 3.61. The van der Waals surface area contributed by atoms with Gasteiger partial charge in [-0.05, 0) is 61.9 Å². The number of hydrogen-bond donors (Lipinski definition) is 1. The monoisotopic (exact) mass is 327 g/mol. The smallest absolute Gasteiger partial charge is 0.246 e. The molecule has 3 rings (SSSR count). The molecule has 1 aliphatic carbocycles. The van der Waals surface area contributed by atoms with Crippen LogP contribution < -0.4 is 5.32 Å². The standard InChI is InChI=1S/C19H25N3O2/c1-24-14-18(23)21-17-6-7-19(17)8-10-22(11-9-19)13-16-4-2-15(12-20)3-5-16/h2-5,17H,6-11,13-14H2,1H3,(H,21,23). The fraction of sp³-hybridized carbons (Fsp3) is 0.579. The van der Waals surface area contributed by atoms with Crippen molar-refractivity contribution in [2.75, 3.05) is 26.8 Å². The Hall–Kier alpha value is -1.90. The van der Waals surface area contributed by atoms with Gasteiger partial charge in [0.2, 0.25) is 5.91 Å². The molecule has 0 bridgehead atoms. The lowest BCUT2D eigenvalue weighted by Crippen LogP contribution is -2.59. The number of nitriles is 1. The average Bonchev–Trinajstić information content (AvgIpc) is 2.60. The number of benzene rings is 1. The molecule has 1 N–H and O–H groups in total. The number of carbonyl (C=O) groups excluding carboxylic acids is 1. The Morgan fingerprint density at radius 2 is 2.04 bits per heavy atom. The molecule has 1 amide bonds. The molecular weight excluding hydrogens is 302 g/mol. The number of amides is 1. The highest BCUT2D eigenvalue weighted by Crippen LogP contribution is 2.49. The van der Waals surface area contributed by atoms with Crippen LogP contribution in [0.15, 0.2) is 24.3 Å². The van der Waals surface area contributed by atoms with Gasteiger partial charge in [0.1, 0.15) is 6.61 Å². The van der Waals surface area contributed by atoms with E-state index >= 15 is 0 Å². The first-order valence-corrected chi connectivity index (χ1v) is 8.65. The maximum absolute atomic E-state index is 11.8. The first-order chi connectivity index (χ1) is 11.6. The molecule has 1 aromatic rings. The molecule has 5 heteroatoms. The van der Waals surface area contributed by atoms with Crippen LogP contribution >= 0.6 is 0 Å². The first-order valence-electron chi connectivity index (χ1n) is 8.65. The quantitative estimate of drug-likeness (QED) is 0.899. The molecule has 5 nitrogen and oxygen atoms in total. The minimum Gasteiger partial charge on any atom is -0.375 e. The lowest BCUT2D eigenvalue weighted by molar-refractivity contribution is -0.129. The second-order valence-corrected chi connectivity index (χ2v) is 7.04. The second kappa shape index (κ2) is 7.33.